The first-order valence-corrected chi connectivity index (χ1v) is 12.4. The van der Waals surface area contributed by atoms with Gasteiger partial charge >= 0.3 is 0 Å². The molecule has 0 spiro atoms. The van der Waals surface area contributed by atoms with Crippen molar-refractivity contribution < 1.29 is 13.9 Å². The lowest BCUT2D eigenvalue weighted by Crippen LogP contribution is -2.58. The van der Waals surface area contributed by atoms with Crippen molar-refractivity contribution in [3.8, 4) is 16.9 Å². The second kappa shape index (κ2) is 9.06. The third kappa shape index (κ3) is 4.16. The fourth-order valence-corrected chi connectivity index (χ4v) is 5.33. The van der Waals surface area contributed by atoms with Gasteiger partial charge in [-0.25, -0.2) is 13.8 Å². The summed E-state index contributed by atoms with van der Waals surface area (Å²) < 4.78 is 30.9. The molecular weight excluding hydrogens is 472 g/mol. The minimum absolute atomic E-state index is 0.00216. The maximum absolute atomic E-state index is 16.2. The summed E-state index contributed by atoms with van der Waals surface area (Å²) in [6.45, 7) is 6.62. The second-order valence-electron chi connectivity index (χ2n) is 10.1. The Bertz CT molecular complexity index is 1260. The van der Waals surface area contributed by atoms with Gasteiger partial charge in [0.15, 0.2) is 5.82 Å². The van der Waals surface area contributed by atoms with Gasteiger partial charge in [0.2, 0.25) is 5.95 Å². The van der Waals surface area contributed by atoms with Crippen LogP contribution >= 0.6 is 11.6 Å². The van der Waals surface area contributed by atoms with Crippen molar-refractivity contribution >= 4 is 34.3 Å². The first kappa shape index (κ1) is 24.0. The van der Waals surface area contributed by atoms with Gasteiger partial charge in [-0.1, -0.05) is 24.6 Å². The van der Waals surface area contributed by atoms with E-state index in [0.717, 1.165) is 32.5 Å². The lowest BCUT2D eigenvalue weighted by molar-refractivity contribution is 0.245. The summed E-state index contributed by atoms with van der Waals surface area (Å²) >= 11 is 6.55. The smallest absolute Gasteiger partial charge is 0.228 e. The number of phenolic OH excluding ortho intramolecular Hbond substituents is 1. The maximum Gasteiger partial charge on any atom is 0.228 e. The first-order chi connectivity index (χ1) is 16.7. The zero-order valence-corrected chi connectivity index (χ0v) is 21.2. The molecule has 0 unspecified atom stereocenters. The predicted octanol–water partition coefficient (Wildman–Crippen LogP) is 5.31. The van der Waals surface area contributed by atoms with Crippen molar-refractivity contribution in [1.29, 1.82) is 0 Å². The first-order valence-electron chi connectivity index (χ1n) is 12.0. The summed E-state index contributed by atoms with van der Waals surface area (Å²) in [4.78, 5) is 15.9. The highest BCUT2D eigenvalue weighted by atomic mass is 35.5. The van der Waals surface area contributed by atoms with Gasteiger partial charge in [-0.3, -0.25) is 0 Å². The van der Waals surface area contributed by atoms with Crippen LogP contribution in [0.1, 0.15) is 26.7 Å². The fourth-order valence-electron chi connectivity index (χ4n) is 5.05. The Hall–Kier alpha value is -2.71. The molecule has 2 saturated heterocycles. The van der Waals surface area contributed by atoms with Gasteiger partial charge in [0.25, 0.3) is 0 Å². The van der Waals surface area contributed by atoms with Crippen LogP contribution in [-0.4, -0.2) is 65.8 Å². The Balaban J connectivity index is 1.72. The second-order valence-corrected chi connectivity index (χ2v) is 10.5. The van der Waals surface area contributed by atoms with E-state index < -0.39 is 11.6 Å². The molecule has 0 bridgehead atoms. The van der Waals surface area contributed by atoms with Gasteiger partial charge in [-0.2, -0.15) is 4.98 Å². The van der Waals surface area contributed by atoms with E-state index in [1.54, 1.807) is 6.07 Å². The van der Waals surface area contributed by atoms with Gasteiger partial charge < -0.3 is 19.8 Å². The quantitative estimate of drug-likeness (QED) is 0.523. The number of aromatic nitrogens is 2. The molecule has 1 N–H and O–H groups in total. The molecule has 3 aromatic rings. The van der Waals surface area contributed by atoms with Crippen LogP contribution in [0.2, 0.25) is 5.02 Å². The van der Waals surface area contributed by atoms with E-state index in [4.69, 9.17) is 16.6 Å². The zero-order chi connectivity index (χ0) is 25.0. The number of hydrogen-bond donors (Lipinski definition) is 1. The summed E-state index contributed by atoms with van der Waals surface area (Å²) in [5.74, 6) is -0.343. The largest absolute Gasteiger partial charge is 0.507 e. The summed E-state index contributed by atoms with van der Waals surface area (Å²) in [5, 5.41) is 10.8. The number of aromatic hydroxyl groups is 1. The number of likely N-dealkylation sites (N-methyl/N-ethyl adjacent to an activating group) is 1. The zero-order valence-electron chi connectivity index (χ0n) is 20.4. The Morgan fingerprint density at radius 3 is 2.49 bits per heavy atom. The Morgan fingerprint density at radius 1 is 1.06 bits per heavy atom. The highest BCUT2D eigenvalue weighted by Gasteiger charge is 2.34. The maximum atomic E-state index is 16.2. The highest BCUT2D eigenvalue weighted by Crippen LogP contribution is 2.43. The molecule has 0 radical (unpaired) electrons. The molecule has 0 aliphatic carbocycles. The number of piperidine rings is 1. The Morgan fingerprint density at radius 2 is 1.80 bits per heavy atom. The predicted molar refractivity (Wildman–Crippen MR) is 136 cm³/mol. The van der Waals surface area contributed by atoms with Gasteiger partial charge in [-0.15, -0.1) is 0 Å². The van der Waals surface area contributed by atoms with Gasteiger partial charge in [0.1, 0.15) is 22.9 Å². The van der Waals surface area contributed by atoms with Gasteiger partial charge in [-0.05, 0) is 58.0 Å². The van der Waals surface area contributed by atoms with Gasteiger partial charge in [0, 0.05) is 42.7 Å². The molecule has 186 valence electrons. The normalized spacial score (nSPS) is 21.1. The molecule has 2 aliphatic rings. The SMILES string of the molecule is C[C@H]1CC[C@H](C)N(c2nc(N3CC(N(C)C)C3)nc3c(F)c(-c4c(O)cccc4F)c(Cl)cc23)C1. The summed E-state index contributed by atoms with van der Waals surface area (Å²) in [6, 6.07) is 6.04. The molecule has 2 aromatic carbocycles. The van der Waals surface area contributed by atoms with Crippen molar-refractivity contribution in [2.45, 2.75) is 38.8 Å². The monoisotopic (exact) mass is 501 g/mol. The molecule has 2 atom stereocenters. The van der Waals surface area contributed by atoms with E-state index in [2.05, 4.69) is 28.6 Å². The van der Waals surface area contributed by atoms with Gasteiger partial charge in [0.05, 0.1) is 10.6 Å². The van der Waals surface area contributed by atoms with Crippen LogP contribution in [0.15, 0.2) is 24.3 Å². The molecule has 2 aliphatic heterocycles. The molecular formula is C26H30ClF2N5O. The number of halogens is 3. The molecule has 5 rings (SSSR count). The number of rotatable bonds is 4. The van der Waals surface area contributed by atoms with Crippen molar-refractivity contribution in [2.75, 3.05) is 43.5 Å². The fraction of sp³-hybridized carbons (Fsp3) is 0.462. The van der Waals surface area contributed by atoms with Crippen molar-refractivity contribution in [2.24, 2.45) is 5.92 Å². The summed E-state index contributed by atoms with van der Waals surface area (Å²) in [7, 11) is 4.06. The molecule has 9 heteroatoms. The van der Waals surface area contributed by atoms with E-state index in [-0.39, 0.29) is 33.5 Å². The summed E-state index contributed by atoms with van der Waals surface area (Å²) in [5.41, 5.74) is -0.388. The number of benzene rings is 2. The summed E-state index contributed by atoms with van der Waals surface area (Å²) in [6.07, 6.45) is 2.13. The standard InChI is InChI=1S/C26H30ClF2N5O/c1-14-8-9-15(2)34(11-14)25-17-10-18(27)21(22-19(28)6-5-7-20(22)35)23(29)24(17)30-26(31-25)33-12-16(13-33)32(3)4/h5-7,10,14-16,35H,8-9,11-13H2,1-4H3/t14-,15-/m0/s1. The van der Waals surface area contributed by atoms with E-state index in [0.29, 0.717) is 29.1 Å². The average Bonchev–Trinajstić information content (AvgIpc) is 2.76. The minimum Gasteiger partial charge on any atom is -0.507 e. The van der Waals surface area contributed by atoms with E-state index in [9.17, 15) is 9.50 Å². The molecule has 0 saturated carbocycles. The topological polar surface area (TPSA) is 55.7 Å². The van der Waals surface area contributed by atoms with Crippen LogP contribution in [0.25, 0.3) is 22.0 Å². The van der Waals surface area contributed by atoms with E-state index in [1.165, 1.54) is 18.2 Å². The van der Waals surface area contributed by atoms with Crippen molar-refractivity contribution in [3.05, 3.63) is 40.9 Å². The third-order valence-corrected chi connectivity index (χ3v) is 7.66. The Labute approximate surface area is 209 Å². The molecule has 1 aromatic heterocycles. The molecule has 2 fully saturated rings. The highest BCUT2D eigenvalue weighted by molar-refractivity contribution is 6.34. The number of phenols is 1. The van der Waals surface area contributed by atoms with Crippen LogP contribution < -0.4 is 9.80 Å². The lowest BCUT2D eigenvalue weighted by Gasteiger charge is -2.43. The Kier molecular flexibility index (Phi) is 6.21. The number of nitrogens with zero attached hydrogens (tertiary/aromatic N) is 5. The van der Waals surface area contributed by atoms with Crippen LogP contribution in [0.5, 0.6) is 5.75 Å². The van der Waals surface area contributed by atoms with Crippen LogP contribution in [-0.2, 0) is 0 Å². The van der Waals surface area contributed by atoms with E-state index >= 15 is 4.39 Å². The minimum atomic E-state index is -0.764. The van der Waals surface area contributed by atoms with Crippen LogP contribution in [0.4, 0.5) is 20.5 Å². The van der Waals surface area contributed by atoms with Crippen LogP contribution in [0.3, 0.4) is 0 Å². The lowest BCUT2D eigenvalue weighted by atomic mass is 9.94. The molecule has 3 heterocycles. The van der Waals surface area contributed by atoms with Crippen molar-refractivity contribution in [3.63, 3.8) is 0 Å². The number of fused-ring (bicyclic) bond motifs is 1. The average molecular weight is 502 g/mol. The number of anilines is 2. The molecule has 6 nitrogen and oxygen atoms in total. The molecule has 0 amide bonds. The number of hydrogen-bond acceptors (Lipinski definition) is 6. The van der Waals surface area contributed by atoms with E-state index in [1.807, 2.05) is 19.0 Å². The van der Waals surface area contributed by atoms with Crippen molar-refractivity contribution in [1.82, 2.24) is 14.9 Å². The third-order valence-electron chi connectivity index (χ3n) is 7.36. The molecule has 35 heavy (non-hydrogen) atoms. The van der Waals surface area contributed by atoms with Crippen LogP contribution in [0, 0.1) is 17.6 Å².